The maximum Gasteiger partial charge on any atom is 0.290 e. The Labute approximate surface area is 241 Å². The zero-order valence-corrected chi connectivity index (χ0v) is 23.4. The molecule has 1 aliphatic heterocycles. The largest absolute Gasteiger partial charge is 0.493 e. The first-order chi connectivity index (χ1) is 20.4. The summed E-state index contributed by atoms with van der Waals surface area (Å²) in [5.41, 5.74) is 1.39. The van der Waals surface area contributed by atoms with Crippen LogP contribution in [0, 0.1) is 0 Å². The van der Waals surface area contributed by atoms with E-state index in [0.29, 0.717) is 34.1 Å². The van der Waals surface area contributed by atoms with Gasteiger partial charge in [0.25, 0.3) is 5.91 Å². The first-order valence-electron chi connectivity index (χ1n) is 13.4. The molecule has 12 nitrogen and oxygen atoms in total. The molecule has 2 heterocycles. The van der Waals surface area contributed by atoms with Crippen molar-refractivity contribution in [2.75, 3.05) is 47.6 Å². The Morgan fingerprint density at radius 2 is 1.90 bits per heavy atom. The van der Waals surface area contributed by atoms with E-state index < -0.39 is 36.0 Å². The fraction of sp³-hybridized carbons (Fsp3) is 0.367. The second-order valence-electron chi connectivity index (χ2n) is 9.88. The number of carbonyl (C=O) groups is 3. The molecule has 0 bridgehead atoms. The van der Waals surface area contributed by atoms with Crippen LogP contribution in [-0.4, -0.2) is 99.1 Å². The molecule has 42 heavy (non-hydrogen) atoms. The molecular formula is C30H32N2O10. The lowest BCUT2D eigenvalue weighted by Gasteiger charge is -2.40. The maximum absolute atomic E-state index is 14.0. The van der Waals surface area contributed by atoms with E-state index in [4.69, 9.17) is 23.4 Å². The first-order valence-corrected chi connectivity index (χ1v) is 13.4. The van der Waals surface area contributed by atoms with E-state index in [1.807, 2.05) is 0 Å². The van der Waals surface area contributed by atoms with E-state index in [-0.39, 0.29) is 49.1 Å². The van der Waals surface area contributed by atoms with Crippen LogP contribution < -0.4 is 19.5 Å². The highest BCUT2D eigenvalue weighted by Crippen LogP contribution is 2.51. The molecule has 222 valence electrons. The monoisotopic (exact) mass is 580 g/mol. The fourth-order valence-corrected chi connectivity index (χ4v) is 5.58. The van der Waals surface area contributed by atoms with Crippen LogP contribution in [0.3, 0.4) is 0 Å². The third kappa shape index (κ3) is 5.08. The number of para-hydroxylation sites is 1. The van der Waals surface area contributed by atoms with Crippen molar-refractivity contribution >= 4 is 29.1 Å². The van der Waals surface area contributed by atoms with Gasteiger partial charge in [0.1, 0.15) is 18.5 Å². The lowest BCUT2D eigenvalue weighted by molar-refractivity contribution is -0.118. The molecule has 0 saturated heterocycles. The Hall–Kier alpha value is -4.39. The molecule has 1 aromatic heterocycles. The van der Waals surface area contributed by atoms with Crippen molar-refractivity contribution < 1.29 is 48.0 Å². The van der Waals surface area contributed by atoms with E-state index in [2.05, 4.69) is 5.32 Å². The number of methoxy groups -OCH3 is 3. The molecule has 0 spiro atoms. The second kappa shape index (κ2) is 12.2. The SMILES string of the molecule is COCCN(C(=O)c1cc2cccc(OC)c2o1)[C@@H]1C=C(C(=O)NCCO)[C@@H]2c3cc(C=O)cc(OC)c3O[C@@H]2[C@H]1O. The number of furan rings is 1. The van der Waals surface area contributed by atoms with Gasteiger partial charge in [-0.1, -0.05) is 12.1 Å². The molecule has 0 fully saturated rings. The molecule has 12 heteroatoms. The normalized spacial score (nSPS) is 20.6. The lowest BCUT2D eigenvalue weighted by atomic mass is 9.77. The smallest absolute Gasteiger partial charge is 0.290 e. The number of rotatable bonds is 11. The number of nitrogens with one attached hydrogen (secondary N) is 1. The van der Waals surface area contributed by atoms with Gasteiger partial charge < -0.3 is 43.8 Å². The minimum Gasteiger partial charge on any atom is -0.493 e. The van der Waals surface area contributed by atoms with Crippen LogP contribution >= 0.6 is 0 Å². The first kappa shape index (κ1) is 29.1. The Bertz CT molecular complexity index is 1530. The highest BCUT2D eigenvalue weighted by Gasteiger charge is 2.51. The Morgan fingerprint density at radius 3 is 2.60 bits per heavy atom. The molecule has 3 N–H and O–H groups in total. The number of amides is 2. The summed E-state index contributed by atoms with van der Waals surface area (Å²) in [4.78, 5) is 40.5. The molecule has 2 aliphatic rings. The number of aldehydes is 1. The van der Waals surface area contributed by atoms with Gasteiger partial charge in [-0.25, -0.2) is 0 Å². The van der Waals surface area contributed by atoms with Crippen molar-refractivity contribution in [3.05, 3.63) is 64.9 Å². The number of benzene rings is 2. The summed E-state index contributed by atoms with van der Waals surface area (Å²) in [6.45, 7) is -0.122. The van der Waals surface area contributed by atoms with Gasteiger partial charge in [0, 0.05) is 42.3 Å². The van der Waals surface area contributed by atoms with Crippen LogP contribution in [0.15, 0.2) is 52.5 Å². The second-order valence-corrected chi connectivity index (χ2v) is 9.88. The fourth-order valence-electron chi connectivity index (χ4n) is 5.58. The van der Waals surface area contributed by atoms with Gasteiger partial charge in [-0.05, 0) is 30.3 Å². The predicted octanol–water partition coefficient (Wildman–Crippen LogP) is 1.67. The summed E-state index contributed by atoms with van der Waals surface area (Å²) in [7, 11) is 4.41. The third-order valence-electron chi connectivity index (χ3n) is 7.51. The van der Waals surface area contributed by atoms with Crippen molar-refractivity contribution in [2.45, 2.75) is 24.2 Å². The van der Waals surface area contributed by atoms with Gasteiger partial charge >= 0.3 is 0 Å². The number of hydrogen-bond donors (Lipinski definition) is 3. The van der Waals surface area contributed by atoms with E-state index in [0.717, 1.165) is 0 Å². The number of hydrogen-bond acceptors (Lipinski definition) is 10. The average molecular weight is 581 g/mol. The molecule has 0 unspecified atom stereocenters. The minimum atomic E-state index is -1.30. The number of aliphatic hydroxyl groups excluding tert-OH is 2. The number of fused-ring (bicyclic) bond motifs is 4. The summed E-state index contributed by atoms with van der Waals surface area (Å²) >= 11 is 0. The maximum atomic E-state index is 14.0. The van der Waals surface area contributed by atoms with E-state index in [1.165, 1.54) is 38.4 Å². The summed E-state index contributed by atoms with van der Waals surface area (Å²) in [6, 6.07) is 8.92. The van der Waals surface area contributed by atoms with Crippen LogP contribution in [0.4, 0.5) is 0 Å². The summed E-state index contributed by atoms with van der Waals surface area (Å²) < 4.78 is 28.2. The molecule has 5 rings (SSSR count). The van der Waals surface area contributed by atoms with Gasteiger partial charge in [0.2, 0.25) is 5.91 Å². The average Bonchev–Trinajstić information content (AvgIpc) is 3.63. The molecule has 2 aromatic carbocycles. The van der Waals surface area contributed by atoms with Crippen molar-refractivity contribution in [3.8, 4) is 17.2 Å². The molecule has 0 radical (unpaired) electrons. The molecular weight excluding hydrogens is 548 g/mol. The predicted molar refractivity (Wildman–Crippen MR) is 149 cm³/mol. The minimum absolute atomic E-state index is 0.00697. The van der Waals surface area contributed by atoms with Gasteiger partial charge in [0.05, 0.1) is 39.4 Å². The van der Waals surface area contributed by atoms with Gasteiger partial charge in [-0.2, -0.15) is 0 Å². The Morgan fingerprint density at radius 1 is 1.12 bits per heavy atom. The van der Waals surface area contributed by atoms with E-state index >= 15 is 0 Å². The highest BCUT2D eigenvalue weighted by molar-refractivity contribution is 5.99. The van der Waals surface area contributed by atoms with Gasteiger partial charge in [-0.3, -0.25) is 14.4 Å². The lowest BCUT2D eigenvalue weighted by Crippen LogP contribution is -2.56. The molecule has 4 atom stereocenters. The summed E-state index contributed by atoms with van der Waals surface area (Å²) in [6.07, 6.45) is -0.135. The summed E-state index contributed by atoms with van der Waals surface area (Å²) in [5.74, 6) is -0.824. The topological polar surface area (TPSA) is 157 Å². The number of aliphatic hydroxyl groups is 2. The van der Waals surface area contributed by atoms with Crippen LogP contribution in [0.2, 0.25) is 0 Å². The van der Waals surface area contributed by atoms with Crippen molar-refractivity contribution in [3.63, 3.8) is 0 Å². The highest BCUT2D eigenvalue weighted by atomic mass is 16.5. The molecule has 3 aromatic rings. The van der Waals surface area contributed by atoms with E-state index in [9.17, 15) is 24.6 Å². The number of nitrogens with zero attached hydrogens (tertiary/aromatic N) is 1. The van der Waals surface area contributed by atoms with Crippen molar-refractivity contribution in [1.82, 2.24) is 10.2 Å². The number of carbonyl (C=O) groups excluding carboxylic acids is 3. The standard InChI is InChI=1S/C30H32N2O10/c1-38-10-8-32(30(37)23-13-17-5-4-6-21(39-2)26(17)41-23)20-14-19(29(36)31-7-9-33)24-18-11-16(15-34)12-22(40-3)27(18)42-28(24)25(20)35/h4-6,11-15,20,24-25,28,33,35H,7-10H2,1-3H3,(H,31,36)/t20-,24+,25+,28+/m1/s1. The van der Waals surface area contributed by atoms with E-state index in [1.54, 1.807) is 30.3 Å². The molecule has 0 saturated carbocycles. The van der Waals surface area contributed by atoms with Crippen LogP contribution in [0.25, 0.3) is 11.0 Å². The van der Waals surface area contributed by atoms with Gasteiger partial charge in [0.15, 0.2) is 28.6 Å². The quantitative estimate of drug-likeness (QED) is 0.285. The van der Waals surface area contributed by atoms with Crippen molar-refractivity contribution in [2.24, 2.45) is 0 Å². The van der Waals surface area contributed by atoms with Crippen LogP contribution in [0.1, 0.15) is 32.4 Å². The number of ether oxygens (including phenoxy) is 4. The zero-order valence-electron chi connectivity index (χ0n) is 23.4. The Balaban J connectivity index is 1.60. The third-order valence-corrected chi connectivity index (χ3v) is 7.51. The van der Waals surface area contributed by atoms with Gasteiger partial charge in [-0.15, -0.1) is 0 Å². The molecule has 2 amide bonds. The zero-order chi connectivity index (χ0) is 30.0. The van der Waals surface area contributed by atoms with Crippen molar-refractivity contribution in [1.29, 1.82) is 0 Å². The Kier molecular flexibility index (Phi) is 8.48. The van der Waals surface area contributed by atoms with Crippen LogP contribution in [-0.2, 0) is 9.53 Å². The van der Waals surface area contributed by atoms with Crippen LogP contribution in [0.5, 0.6) is 17.2 Å². The molecule has 1 aliphatic carbocycles. The summed E-state index contributed by atoms with van der Waals surface area (Å²) in [5, 5.41) is 24.4.